The van der Waals surface area contributed by atoms with E-state index in [1.54, 1.807) is 0 Å². The zero-order valence-electron chi connectivity index (χ0n) is 27.2. The first-order chi connectivity index (χ1) is 24.8. The summed E-state index contributed by atoms with van der Waals surface area (Å²) in [4.78, 5) is 10.5. The molecule has 0 bridgehead atoms. The van der Waals surface area contributed by atoms with Gasteiger partial charge >= 0.3 is 0 Å². The molecule has 0 atom stereocenters. The minimum absolute atomic E-state index is 0.676. The monoisotopic (exact) mass is 640 g/mol. The first kappa shape index (κ1) is 29.4. The van der Waals surface area contributed by atoms with Gasteiger partial charge in [0.1, 0.15) is 0 Å². The third-order valence-corrected chi connectivity index (χ3v) is 9.23. The van der Waals surface area contributed by atoms with Gasteiger partial charge in [-0.15, -0.1) is 0 Å². The molecule has 0 aliphatic rings. The maximum Gasteiger partial charge on any atom is 0.160 e. The average molecular weight is 641 g/mol. The van der Waals surface area contributed by atoms with E-state index in [2.05, 4.69) is 174 Å². The lowest BCUT2D eigenvalue weighted by atomic mass is 10.0. The molecule has 0 aliphatic carbocycles. The van der Waals surface area contributed by atoms with Crippen LogP contribution in [0.2, 0.25) is 0 Å². The largest absolute Gasteiger partial charge is 0.354 e. The van der Waals surface area contributed by atoms with Crippen LogP contribution < -0.4 is 5.32 Å². The Kier molecular flexibility index (Phi) is 7.45. The van der Waals surface area contributed by atoms with Crippen LogP contribution in [0.5, 0.6) is 0 Å². The summed E-state index contributed by atoms with van der Waals surface area (Å²) in [5, 5.41) is 6.30. The molecule has 0 amide bonds. The van der Waals surface area contributed by atoms with Crippen molar-refractivity contribution in [3.63, 3.8) is 0 Å². The number of hydrogen-bond acceptors (Lipinski definition) is 3. The fourth-order valence-electron chi connectivity index (χ4n) is 6.94. The maximum absolute atomic E-state index is 5.35. The maximum atomic E-state index is 5.35. The molecule has 9 rings (SSSR count). The van der Waals surface area contributed by atoms with Crippen molar-refractivity contribution in [3.8, 4) is 50.7 Å². The summed E-state index contributed by atoms with van der Waals surface area (Å²) in [6, 6.07) is 65.5. The SMILES string of the molecule is c1ccc(-c2cc(-c3c(Nc4ccccc4-c4ccccc4)cccc3-n3c4ccccc4c4ccccc43)nc(-c3ccccc3)n2)cc1. The highest BCUT2D eigenvalue weighted by Crippen LogP contribution is 2.42. The van der Waals surface area contributed by atoms with Crippen molar-refractivity contribution in [2.24, 2.45) is 0 Å². The second-order valence-corrected chi connectivity index (χ2v) is 12.3. The summed E-state index contributed by atoms with van der Waals surface area (Å²) in [5.74, 6) is 0.676. The lowest BCUT2D eigenvalue weighted by Gasteiger charge is -2.21. The molecule has 2 aromatic heterocycles. The number of nitrogens with zero attached hydrogens (tertiary/aromatic N) is 3. The third-order valence-electron chi connectivity index (χ3n) is 9.23. The van der Waals surface area contributed by atoms with Gasteiger partial charge in [-0.25, -0.2) is 9.97 Å². The Bertz CT molecular complexity index is 2500. The predicted octanol–water partition coefficient (Wildman–Crippen LogP) is 12.0. The van der Waals surface area contributed by atoms with Gasteiger partial charge in [-0.2, -0.15) is 0 Å². The highest BCUT2D eigenvalue weighted by atomic mass is 15.0. The third kappa shape index (κ3) is 5.29. The Balaban J connectivity index is 1.35. The van der Waals surface area contributed by atoms with Gasteiger partial charge in [0, 0.05) is 38.7 Å². The van der Waals surface area contributed by atoms with Crippen LogP contribution >= 0.6 is 0 Å². The van der Waals surface area contributed by atoms with Gasteiger partial charge in [-0.1, -0.05) is 152 Å². The molecule has 236 valence electrons. The molecule has 7 aromatic carbocycles. The first-order valence-electron chi connectivity index (χ1n) is 16.9. The van der Waals surface area contributed by atoms with Crippen molar-refractivity contribution in [3.05, 3.63) is 188 Å². The summed E-state index contributed by atoms with van der Waals surface area (Å²) in [5.41, 5.74) is 12.2. The molecule has 1 N–H and O–H groups in total. The highest BCUT2D eigenvalue weighted by Gasteiger charge is 2.21. The van der Waals surface area contributed by atoms with Crippen LogP contribution in [0, 0.1) is 0 Å². The van der Waals surface area contributed by atoms with Gasteiger partial charge < -0.3 is 9.88 Å². The van der Waals surface area contributed by atoms with Crippen LogP contribution in [0.4, 0.5) is 11.4 Å². The molecule has 0 unspecified atom stereocenters. The zero-order valence-corrected chi connectivity index (χ0v) is 27.2. The van der Waals surface area contributed by atoms with Gasteiger partial charge in [-0.05, 0) is 42.0 Å². The van der Waals surface area contributed by atoms with Crippen molar-refractivity contribution >= 4 is 33.2 Å². The number of fused-ring (bicyclic) bond motifs is 3. The van der Waals surface area contributed by atoms with Crippen LogP contribution in [0.3, 0.4) is 0 Å². The number of benzene rings is 7. The van der Waals surface area contributed by atoms with Crippen molar-refractivity contribution in [1.29, 1.82) is 0 Å². The van der Waals surface area contributed by atoms with E-state index in [1.807, 2.05) is 24.3 Å². The van der Waals surface area contributed by atoms with E-state index >= 15 is 0 Å². The Morgan fingerprint density at radius 3 is 1.60 bits per heavy atom. The Morgan fingerprint density at radius 2 is 0.920 bits per heavy atom. The molecule has 0 fully saturated rings. The Labute approximate surface area is 291 Å². The van der Waals surface area contributed by atoms with E-state index < -0.39 is 0 Å². The molecule has 0 spiro atoms. The van der Waals surface area contributed by atoms with E-state index in [4.69, 9.17) is 9.97 Å². The summed E-state index contributed by atoms with van der Waals surface area (Å²) >= 11 is 0. The topological polar surface area (TPSA) is 42.7 Å². The van der Waals surface area contributed by atoms with Gasteiger partial charge in [0.05, 0.1) is 33.8 Å². The number of rotatable bonds is 7. The molecule has 0 aliphatic heterocycles. The molecule has 4 nitrogen and oxygen atoms in total. The van der Waals surface area contributed by atoms with Crippen molar-refractivity contribution in [2.75, 3.05) is 5.32 Å². The summed E-state index contributed by atoms with van der Waals surface area (Å²) in [6.07, 6.45) is 0. The summed E-state index contributed by atoms with van der Waals surface area (Å²) < 4.78 is 2.38. The Morgan fingerprint density at radius 1 is 0.400 bits per heavy atom. The van der Waals surface area contributed by atoms with E-state index in [0.29, 0.717) is 5.82 Å². The van der Waals surface area contributed by atoms with E-state index in [1.165, 1.54) is 10.8 Å². The molecule has 2 heterocycles. The number of para-hydroxylation sites is 3. The molecule has 0 radical (unpaired) electrons. The fourth-order valence-corrected chi connectivity index (χ4v) is 6.94. The first-order valence-corrected chi connectivity index (χ1v) is 16.9. The minimum atomic E-state index is 0.676. The quantitative estimate of drug-likeness (QED) is 0.188. The highest BCUT2D eigenvalue weighted by molar-refractivity contribution is 6.10. The second-order valence-electron chi connectivity index (χ2n) is 12.3. The molecular formula is C46H32N4. The minimum Gasteiger partial charge on any atom is -0.354 e. The molecule has 0 saturated heterocycles. The normalized spacial score (nSPS) is 11.2. The van der Waals surface area contributed by atoms with Crippen LogP contribution in [0.1, 0.15) is 0 Å². The molecular weight excluding hydrogens is 609 g/mol. The van der Waals surface area contributed by atoms with Gasteiger partial charge in [-0.3, -0.25) is 0 Å². The van der Waals surface area contributed by atoms with Crippen LogP contribution in [0.25, 0.3) is 72.5 Å². The van der Waals surface area contributed by atoms with Crippen LogP contribution in [-0.4, -0.2) is 14.5 Å². The molecule has 50 heavy (non-hydrogen) atoms. The lowest BCUT2D eigenvalue weighted by Crippen LogP contribution is -2.04. The molecule has 0 saturated carbocycles. The van der Waals surface area contributed by atoms with E-state index in [9.17, 15) is 0 Å². The molecule has 4 heteroatoms. The number of anilines is 2. The van der Waals surface area contributed by atoms with Gasteiger partial charge in [0.25, 0.3) is 0 Å². The summed E-state index contributed by atoms with van der Waals surface area (Å²) in [7, 11) is 0. The predicted molar refractivity (Wildman–Crippen MR) is 208 cm³/mol. The van der Waals surface area contributed by atoms with Crippen LogP contribution in [0.15, 0.2) is 188 Å². The Hall–Kier alpha value is -6.78. The average Bonchev–Trinajstić information content (AvgIpc) is 3.53. The van der Waals surface area contributed by atoms with Gasteiger partial charge in [0.15, 0.2) is 5.82 Å². The smallest absolute Gasteiger partial charge is 0.160 e. The fraction of sp³-hybridized carbons (Fsp3) is 0. The number of nitrogens with one attached hydrogen (secondary N) is 1. The zero-order chi connectivity index (χ0) is 33.3. The van der Waals surface area contributed by atoms with E-state index in [-0.39, 0.29) is 0 Å². The molecule has 9 aromatic rings. The standard InChI is InChI=1S/C46H32N4/c1-4-17-32(18-5-1)35-23-10-13-26-38(35)47-39-27-16-30-44(50-42-28-14-11-24-36(42)37-25-12-15-29-43(37)50)45(39)41-31-40(33-19-6-2-7-20-33)48-46(49-41)34-21-8-3-9-22-34/h1-31,47H. The lowest BCUT2D eigenvalue weighted by molar-refractivity contribution is 1.15. The van der Waals surface area contributed by atoms with Crippen molar-refractivity contribution < 1.29 is 0 Å². The van der Waals surface area contributed by atoms with Crippen molar-refractivity contribution in [1.82, 2.24) is 14.5 Å². The van der Waals surface area contributed by atoms with E-state index in [0.717, 1.165) is 67.3 Å². The second kappa shape index (κ2) is 12.7. The number of aromatic nitrogens is 3. The van der Waals surface area contributed by atoms with Crippen molar-refractivity contribution in [2.45, 2.75) is 0 Å². The van der Waals surface area contributed by atoms with Crippen LogP contribution in [-0.2, 0) is 0 Å². The van der Waals surface area contributed by atoms with Gasteiger partial charge in [0.2, 0.25) is 0 Å². The number of hydrogen-bond donors (Lipinski definition) is 1. The summed E-state index contributed by atoms with van der Waals surface area (Å²) in [6.45, 7) is 0.